The van der Waals surface area contributed by atoms with Gasteiger partial charge in [-0.05, 0) is 47.7 Å². The number of hydrogen-bond acceptors (Lipinski definition) is 0. The van der Waals surface area contributed by atoms with E-state index in [1.54, 1.807) is 0 Å². The Morgan fingerprint density at radius 1 is 0.262 bits per heavy atom. The molecule has 0 heterocycles. The standard InChI is InChI=1S/2C18H15P.C4H10/c2*1-4-10-16(11-5-1)19(17-12-6-2-7-13-17)18-14-8-3-9-15-18;1-3-4-2/h2*1-15H;3-4H2,1-2H3. The van der Waals surface area contributed by atoms with E-state index in [4.69, 9.17) is 0 Å². The molecule has 0 radical (unpaired) electrons. The van der Waals surface area contributed by atoms with Crippen molar-refractivity contribution in [2.75, 3.05) is 0 Å². The van der Waals surface area contributed by atoms with Crippen molar-refractivity contribution in [1.29, 1.82) is 0 Å². The Kier molecular flexibility index (Phi) is 13.2. The zero-order valence-electron chi connectivity index (χ0n) is 24.6. The van der Waals surface area contributed by atoms with Crippen LogP contribution in [0.5, 0.6) is 0 Å². The monoisotopic (exact) mass is 582 g/mol. The van der Waals surface area contributed by atoms with Gasteiger partial charge in [0.25, 0.3) is 0 Å². The Morgan fingerprint density at radius 3 is 0.524 bits per heavy atom. The Morgan fingerprint density at radius 2 is 0.405 bits per heavy atom. The number of benzene rings is 6. The summed E-state index contributed by atoms with van der Waals surface area (Å²) in [6, 6.07) is 64.7. The van der Waals surface area contributed by atoms with Gasteiger partial charge in [0.2, 0.25) is 0 Å². The molecule has 0 unspecified atom stereocenters. The lowest BCUT2D eigenvalue weighted by Gasteiger charge is -2.18. The van der Waals surface area contributed by atoms with Crippen molar-refractivity contribution >= 4 is 47.7 Å². The summed E-state index contributed by atoms with van der Waals surface area (Å²) in [6.45, 7) is 4.36. The van der Waals surface area contributed by atoms with Gasteiger partial charge in [0.15, 0.2) is 0 Å². The normalized spacial score (nSPS) is 10.3. The first-order valence-electron chi connectivity index (χ1n) is 14.7. The van der Waals surface area contributed by atoms with Crippen molar-refractivity contribution in [2.24, 2.45) is 0 Å². The molecule has 0 aromatic heterocycles. The van der Waals surface area contributed by atoms with Crippen molar-refractivity contribution in [2.45, 2.75) is 26.7 Å². The first kappa shape index (κ1) is 31.1. The molecule has 0 aliphatic carbocycles. The zero-order chi connectivity index (χ0) is 29.2. The van der Waals surface area contributed by atoms with E-state index in [2.05, 4.69) is 196 Å². The van der Waals surface area contributed by atoms with E-state index in [9.17, 15) is 0 Å². The Labute approximate surface area is 255 Å². The van der Waals surface area contributed by atoms with Gasteiger partial charge in [0, 0.05) is 0 Å². The van der Waals surface area contributed by atoms with Crippen LogP contribution in [-0.4, -0.2) is 0 Å². The lowest BCUT2D eigenvalue weighted by molar-refractivity contribution is 0.886. The molecule has 0 spiro atoms. The van der Waals surface area contributed by atoms with Crippen LogP contribution in [0.3, 0.4) is 0 Å². The minimum atomic E-state index is -0.446. The van der Waals surface area contributed by atoms with Crippen LogP contribution >= 0.6 is 15.8 Å². The largest absolute Gasteiger partial charge is 0.0654 e. The number of hydrogen-bond donors (Lipinski definition) is 0. The van der Waals surface area contributed by atoms with E-state index in [-0.39, 0.29) is 0 Å². The molecule has 2 heteroatoms. The van der Waals surface area contributed by atoms with Gasteiger partial charge in [0.05, 0.1) is 0 Å². The molecular formula is C40H40P2. The fourth-order valence-electron chi connectivity index (χ4n) is 4.36. The highest BCUT2D eigenvalue weighted by molar-refractivity contribution is 7.80. The zero-order valence-corrected chi connectivity index (χ0v) is 26.4. The Balaban J connectivity index is 0.000000171. The van der Waals surface area contributed by atoms with Gasteiger partial charge in [-0.15, -0.1) is 0 Å². The van der Waals surface area contributed by atoms with Gasteiger partial charge in [-0.2, -0.15) is 0 Å². The van der Waals surface area contributed by atoms with Gasteiger partial charge in [-0.25, -0.2) is 0 Å². The minimum absolute atomic E-state index is 0.446. The molecule has 0 N–H and O–H groups in total. The summed E-state index contributed by atoms with van der Waals surface area (Å²) in [7, 11) is -0.892. The molecule has 0 amide bonds. The fourth-order valence-corrected chi connectivity index (χ4v) is 8.97. The molecule has 0 saturated heterocycles. The van der Waals surface area contributed by atoms with Gasteiger partial charge < -0.3 is 0 Å². The van der Waals surface area contributed by atoms with Crippen LogP contribution in [0.4, 0.5) is 0 Å². The molecular weight excluding hydrogens is 542 g/mol. The first-order valence-corrected chi connectivity index (χ1v) is 17.4. The van der Waals surface area contributed by atoms with E-state index in [1.165, 1.54) is 44.7 Å². The predicted octanol–water partition coefficient (Wildman–Crippen LogP) is 8.70. The maximum atomic E-state index is 2.23. The second-order valence-electron chi connectivity index (χ2n) is 9.68. The van der Waals surface area contributed by atoms with E-state index < -0.39 is 15.8 Å². The molecule has 0 atom stereocenters. The average molecular weight is 583 g/mol. The molecule has 0 aliphatic rings. The molecule has 42 heavy (non-hydrogen) atoms. The molecule has 0 aliphatic heterocycles. The summed E-state index contributed by atoms with van der Waals surface area (Å²) in [6.07, 6.45) is 2.64. The third kappa shape index (κ3) is 9.36. The fraction of sp³-hybridized carbons (Fsp3) is 0.100. The summed E-state index contributed by atoms with van der Waals surface area (Å²) >= 11 is 0. The average Bonchev–Trinajstić information content (AvgIpc) is 3.08. The molecule has 0 bridgehead atoms. The predicted molar refractivity (Wildman–Crippen MR) is 191 cm³/mol. The second-order valence-corrected chi connectivity index (χ2v) is 14.1. The van der Waals surface area contributed by atoms with Crippen molar-refractivity contribution in [1.82, 2.24) is 0 Å². The van der Waals surface area contributed by atoms with Crippen LogP contribution in [0.1, 0.15) is 26.7 Å². The van der Waals surface area contributed by atoms with Crippen molar-refractivity contribution in [3.8, 4) is 0 Å². The summed E-state index contributed by atoms with van der Waals surface area (Å²) in [5.41, 5.74) is 0. The van der Waals surface area contributed by atoms with Crippen LogP contribution in [0.15, 0.2) is 182 Å². The third-order valence-electron chi connectivity index (χ3n) is 6.59. The number of unbranched alkanes of at least 4 members (excludes halogenated alkanes) is 1. The van der Waals surface area contributed by atoms with Gasteiger partial charge >= 0.3 is 0 Å². The first-order chi connectivity index (χ1) is 20.8. The summed E-state index contributed by atoms with van der Waals surface area (Å²) in [5, 5.41) is 8.39. The summed E-state index contributed by atoms with van der Waals surface area (Å²) < 4.78 is 0. The SMILES string of the molecule is CCCC.c1ccc(P(c2ccccc2)c2ccccc2)cc1.c1ccc(P(c2ccccc2)c2ccccc2)cc1. The van der Waals surface area contributed by atoms with Gasteiger partial charge in [-0.3, -0.25) is 0 Å². The van der Waals surface area contributed by atoms with E-state index in [0.29, 0.717) is 0 Å². The Hall–Kier alpha value is -3.82. The lowest BCUT2D eigenvalue weighted by Crippen LogP contribution is -2.20. The minimum Gasteiger partial charge on any atom is -0.0654 e. The van der Waals surface area contributed by atoms with Crippen molar-refractivity contribution in [3.63, 3.8) is 0 Å². The van der Waals surface area contributed by atoms with Crippen LogP contribution in [-0.2, 0) is 0 Å². The lowest BCUT2D eigenvalue weighted by atomic mass is 10.4. The Bertz CT molecular complexity index is 1200. The molecule has 0 nitrogen and oxygen atoms in total. The van der Waals surface area contributed by atoms with Crippen LogP contribution in [0.25, 0.3) is 0 Å². The van der Waals surface area contributed by atoms with E-state index in [1.807, 2.05) is 0 Å². The van der Waals surface area contributed by atoms with Crippen LogP contribution in [0, 0.1) is 0 Å². The van der Waals surface area contributed by atoms with E-state index in [0.717, 1.165) is 0 Å². The van der Waals surface area contributed by atoms with Crippen molar-refractivity contribution < 1.29 is 0 Å². The molecule has 6 aromatic carbocycles. The third-order valence-corrected chi connectivity index (χ3v) is 11.5. The summed E-state index contributed by atoms with van der Waals surface area (Å²) in [5.74, 6) is 0. The molecule has 0 fully saturated rings. The van der Waals surface area contributed by atoms with Gasteiger partial charge in [-0.1, -0.05) is 209 Å². The molecule has 6 rings (SSSR count). The maximum Gasteiger partial charge on any atom is -0.0134 e. The highest BCUT2D eigenvalue weighted by atomic mass is 31.1. The van der Waals surface area contributed by atoms with Crippen LogP contribution < -0.4 is 31.8 Å². The molecule has 6 aromatic rings. The second kappa shape index (κ2) is 17.9. The highest BCUT2D eigenvalue weighted by Gasteiger charge is 2.16. The number of rotatable bonds is 7. The van der Waals surface area contributed by atoms with Gasteiger partial charge in [0.1, 0.15) is 0 Å². The maximum absolute atomic E-state index is 2.23. The molecule has 210 valence electrons. The quantitative estimate of drug-likeness (QED) is 0.165. The van der Waals surface area contributed by atoms with E-state index >= 15 is 0 Å². The highest BCUT2D eigenvalue weighted by Crippen LogP contribution is 2.33. The smallest absolute Gasteiger partial charge is 0.0134 e. The summed E-state index contributed by atoms with van der Waals surface area (Å²) in [4.78, 5) is 0. The topological polar surface area (TPSA) is 0 Å². The van der Waals surface area contributed by atoms with Crippen molar-refractivity contribution in [3.05, 3.63) is 182 Å². The molecule has 0 saturated carbocycles. The van der Waals surface area contributed by atoms with Crippen LogP contribution in [0.2, 0.25) is 0 Å².